The van der Waals surface area contributed by atoms with Crippen molar-refractivity contribution in [3.63, 3.8) is 0 Å². The number of hydrogen-bond donors (Lipinski definition) is 3. The first-order valence-corrected chi connectivity index (χ1v) is 20.4. The first-order chi connectivity index (χ1) is 25.8. The van der Waals surface area contributed by atoms with Gasteiger partial charge in [0.25, 0.3) is 5.56 Å². The van der Waals surface area contributed by atoms with Crippen LogP contribution in [-0.4, -0.2) is 80.2 Å². The molecule has 1 aliphatic rings. The lowest BCUT2D eigenvalue weighted by Crippen LogP contribution is -2.61. The fraction of sp³-hybridized carbons (Fsp3) is 0.410. The van der Waals surface area contributed by atoms with E-state index >= 15 is 0 Å². The first-order valence-electron chi connectivity index (χ1n) is 17.5. The van der Waals surface area contributed by atoms with Crippen molar-refractivity contribution in [3.8, 4) is 11.5 Å². The van der Waals surface area contributed by atoms with E-state index in [1.54, 1.807) is 60.7 Å². The normalized spacial score (nSPS) is 20.6. The molecule has 1 aromatic heterocycles. The molecule has 0 unspecified atom stereocenters. The zero-order chi connectivity index (χ0) is 40.4. The summed E-state index contributed by atoms with van der Waals surface area (Å²) in [5.74, 6) is -1.17. The number of H-pyrrole nitrogens is 1. The number of methoxy groups -OCH3 is 2. The van der Waals surface area contributed by atoms with E-state index in [0.717, 1.165) is 16.8 Å². The Morgan fingerprint density at radius 2 is 1.42 bits per heavy atom. The van der Waals surface area contributed by atoms with E-state index in [-0.39, 0.29) is 0 Å². The van der Waals surface area contributed by atoms with Crippen molar-refractivity contribution in [1.82, 2.24) is 14.9 Å². The third kappa shape index (κ3) is 8.43. The van der Waals surface area contributed by atoms with Crippen molar-refractivity contribution in [1.29, 1.82) is 0 Å². The molecule has 0 bridgehead atoms. The number of ether oxygens (including phenoxy) is 4. The molecule has 5 rings (SSSR count). The van der Waals surface area contributed by atoms with Crippen LogP contribution in [0, 0.1) is 0 Å². The summed E-state index contributed by atoms with van der Waals surface area (Å²) in [6, 6.07) is 24.2. The van der Waals surface area contributed by atoms with E-state index in [4.69, 9.17) is 23.4 Å². The minimum Gasteiger partial charge on any atom is -0.497 e. The molecule has 3 N–H and O–H groups in total. The number of aromatic amines is 1. The highest BCUT2D eigenvalue weighted by Crippen LogP contribution is 2.48. The molecule has 0 radical (unpaired) electrons. The number of halogens is 3. The highest BCUT2D eigenvalue weighted by molar-refractivity contribution is 6.74. The van der Waals surface area contributed by atoms with Gasteiger partial charge in [-0.25, -0.2) is 4.79 Å². The fourth-order valence-electron chi connectivity index (χ4n) is 6.30. The number of aromatic nitrogens is 2. The van der Waals surface area contributed by atoms with Crippen molar-refractivity contribution in [2.75, 3.05) is 27.4 Å². The lowest BCUT2D eigenvalue weighted by Gasteiger charge is -2.45. The van der Waals surface area contributed by atoms with Crippen LogP contribution in [0.5, 0.6) is 11.5 Å². The lowest BCUT2D eigenvalue weighted by atomic mass is 9.79. The summed E-state index contributed by atoms with van der Waals surface area (Å²) in [5, 5.41) is 13.5. The summed E-state index contributed by atoms with van der Waals surface area (Å²) in [6.45, 7) is 8.08. The third-order valence-electron chi connectivity index (χ3n) is 10.3. The minimum atomic E-state index is -5.27. The van der Waals surface area contributed by atoms with E-state index in [9.17, 15) is 32.7 Å². The number of aliphatic hydroxyl groups excluding tert-OH is 1. The third-order valence-corrected chi connectivity index (χ3v) is 14.8. The summed E-state index contributed by atoms with van der Waals surface area (Å²) in [7, 11) is 0.106. The van der Waals surface area contributed by atoms with E-state index in [1.165, 1.54) is 14.2 Å². The number of benzene rings is 3. The van der Waals surface area contributed by atoms with Gasteiger partial charge in [-0.3, -0.25) is 19.1 Å². The number of hydrogen-bond acceptors (Lipinski definition) is 9. The Bertz CT molecular complexity index is 2000. The molecule has 55 heavy (non-hydrogen) atoms. The quantitative estimate of drug-likeness (QED) is 0.122. The van der Waals surface area contributed by atoms with Gasteiger partial charge in [-0.15, -0.1) is 0 Å². The molecule has 3 aromatic carbocycles. The molecule has 12 nitrogen and oxygen atoms in total. The predicted molar refractivity (Wildman–Crippen MR) is 200 cm³/mol. The van der Waals surface area contributed by atoms with Crippen molar-refractivity contribution in [2.45, 2.75) is 74.7 Å². The van der Waals surface area contributed by atoms with Gasteiger partial charge in [0, 0.05) is 12.3 Å². The molecule has 2 heterocycles. The second-order valence-corrected chi connectivity index (χ2v) is 19.6. The van der Waals surface area contributed by atoms with Crippen LogP contribution in [0.3, 0.4) is 0 Å². The second kappa shape index (κ2) is 15.8. The molecule has 0 spiro atoms. The number of rotatable bonds is 13. The molecular weight excluding hydrogens is 740 g/mol. The van der Waals surface area contributed by atoms with Gasteiger partial charge < -0.3 is 33.8 Å². The number of nitrogens with one attached hydrogen (secondary N) is 2. The maximum absolute atomic E-state index is 13.8. The number of alkyl halides is 3. The zero-order valence-corrected chi connectivity index (χ0v) is 32.6. The Kier molecular flexibility index (Phi) is 11.9. The van der Waals surface area contributed by atoms with E-state index < -0.39 is 79.5 Å². The van der Waals surface area contributed by atoms with Gasteiger partial charge in [-0.05, 0) is 59.1 Å². The van der Waals surface area contributed by atoms with Crippen LogP contribution < -0.4 is 26.0 Å². The van der Waals surface area contributed by atoms with E-state index in [2.05, 4.69) is 4.98 Å². The second-order valence-electron chi connectivity index (χ2n) is 14.9. The largest absolute Gasteiger partial charge is 0.497 e. The average molecular weight is 786 g/mol. The van der Waals surface area contributed by atoms with Gasteiger partial charge in [-0.1, -0.05) is 75.4 Å². The smallest absolute Gasteiger partial charge is 0.471 e. The number of amides is 1. The summed E-state index contributed by atoms with van der Waals surface area (Å²) < 4.78 is 73.6. The van der Waals surface area contributed by atoms with E-state index in [0.29, 0.717) is 28.2 Å². The van der Waals surface area contributed by atoms with Gasteiger partial charge in [-0.2, -0.15) is 13.2 Å². The van der Waals surface area contributed by atoms with Gasteiger partial charge in [0.15, 0.2) is 14.5 Å². The fourth-order valence-corrected chi connectivity index (χ4v) is 7.65. The predicted octanol–water partition coefficient (Wildman–Crippen LogP) is 5.26. The summed E-state index contributed by atoms with van der Waals surface area (Å²) in [6.07, 6.45) is -8.96. The van der Waals surface area contributed by atoms with Gasteiger partial charge in [0.1, 0.15) is 34.9 Å². The van der Waals surface area contributed by atoms with Crippen LogP contribution in [0.1, 0.15) is 43.7 Å². The Morgan fingerprint density at radius 1 is 0.891 bits per heavy atom. The SMILES string of the molecule is COc1ccc(C(OC[C@@]2(CNC(=O)C(F)(F)F)O[C@@H](n3ccc(=O)[nH]c3=O)[C@H](O)[C@@H]2O[Si](C)(C)C(C)(C)C)(c2ccccc2)c2ccc(OC)cc2)cc1. The van der Waals surface area contributed by atoms with Crippen LogP contribution in [0.4, 0.5) is 13.2 Å². The molecule has 1 fully saturated rings. The van der Waals surface area contributed by atoms with Gasteiger partial charge in [0.2, 0.25) is 0 Å². The molecule has 1 amide bonds. The van der Waals surface area contributed by atoms with Crippen LogP contribution in [0.25, 0.3) is 0 Å². The standard InChI is InChI=1S/C39H46F3N3O9Si/c1-36(2,3)55(6,7)54-32-31(47)33(45-22-21-30(46)44-35(45)49)53-37(32,23-43-34(48)39(40,41)42)24-52-38(25-11-9-8-10-12-25,26-13-17-28(50-4)18-14-26)27-15-19-29(51-5)20-16-27/h8-22,31-33,47H,23-24H2,1-7H3,(H,43,48)(H,44,46,49)/t31-,32+,33-,37-/m1/s1. The van der Waals surface area contributed by atoms with Crippen molar-refractivity contribution < 1.29 is 46.4 Å². The molecule has 0 aliphatic carbocycles. The van der Waals surface area contributed by atoms with Crippen LogP contribution >= 0.6 is 0 Å². The van der Waals surface area contributed by atoms with Crippen LogP contribution in [-0.2, 0) is 24.3 Å². The Balaban J connectivity index is 1.76. The lowest BCUT2D eigenvalue weighted by molar-refractivity contribution is -0.180. The van der Waals surface area contributed by atoms with Crippen molar-refractivity contribution in [3.05, 3.63) is 129 Å². The highest BCUT2D eigenvalue weighted by atomic mass is 28.4. The minimum absolute atomic E-state index is 0.485. The Morgan fingerprint density at radius 3 is 1.89 bits per heavy atom. The van der Waals surface area contributed by atoms with Gasteiger partial charge >= 0.3 is 17.8 Å². The van der Waals surface area contributed by atoms with E-state index in [1.807, 2.05) is 57.4 Å². The summed E-state index contributed by atoms with van der Waals surface area (Å²) in [4.78, 5) is 39.7. The topological polar surface area (TPSA) is 150 Å². The molecule has 4 atom stereocenters. The van der Waals surface area contributed by atoms with Crippen molar-refractivity contribution in [2.24, 2.45) is 0 Å². The zero-order valence-electron chi connectivity index (χ0n) is 31.6. The van der Waals surface area contributed by atoms with Crippen LogP contribution in [0.15, 0.2) is 101 Å². The molecule has 4 aromatic rings. The number of nitrogens with zero attached hydrogens (tertiary/aromatic N) is 1. The van der Waals surface area contributed by atoms with Crippen LogP contribution in [0.2, 0.25) is 18.1 Å². The Hall–Kier alpha value is -4.74. The highest BCUT2D eigenvalue weighted by Gasteiger charge is 2.60. The maximum atomic E-state index is 13.8. The summed E-state index contributed by atoms with van der Waals surface area (Å²) in [5.41, 5.74) is -3.52. The average Bonchev–Trinajstić information content (AvgIpc) is 3.40. The monoisotopic (exact) mass is 785 g/mol. The molecular formula is C39H46F3N3O9Si. The maximum Gasteiger partial charge on any atom is 0.471 e. The molecule has 1 aliphatic heterocycles. The van der Waals surface area contributed by atoms with Gasteiger partial charge in [0.05, 0.1) is 27.4 Å². The van der Waals surface area contributed by atoms with Crippen molar-refractivity contribution >= 4 is 14.2 Å². The Labute approximate surface area is 317 Å². The molecule has 0 saturated carbocycles. The first kappa shape index (κ1) is 41.4. The molecule has 16 heteroatoms. The molecule has 1 saturated heterocycles. The molecule has 296 valence electrons. The number of carbonyl (C=O) groups is 1. The number of carbonyl (C=O) groups excluding carboxylic acids is 1. The number of aliphatic hydroxyl groups is 1. The summed E-state index contributed by atoms with van der Waals surface area (Å²) >= 11 is 0.